The Morgan fingerprint density at radius 2 is 2.36 bits per heavy atom. The number of hydroxylamine groups is 2. The fraction of sp³-hybridized carbons (Fsp3) is 0.857. The van der Waals surface area contributed by atoms with E-state index in [2.05, 4.69) is 0 Å². The predicted octanol–water partition coefficient (Wildman–Crippen LogP) is 0.487. The SMILES string of the molecule is CON1CCC[C@@]1(C)C(=O)O. The van der Waals surface area contributed by atoms with Gasteiger partial charge in [-0.3, -0.25) is 4.79 Å². The number of hydrogen-bond donors (Lipinski definition) is 1. The molecule has 4 heteroatoms. The minimum Gasteiger partial charge on any atom is -0.480 e. The van der Waals surface area contributed by atoms with Gasteiger partial charge in [0.25, 0.3) is 0 Å². The largest absolute Gasteiger partial charge is 0.480 e. The first kappa shape index (κ1) is 8.49. The van der Waals surface area contributed by atoms with E-state index in [-0.39, 0.29) is 0 Å². The van der Waals surface area contributed by atoms with Crippen molar-refractivity contribution in [2.24, 2.45) is 0 Å². The van der Waals surface area contributed by atoms with E-state index in [0.29, 0.717) is 13.0 Å². The summed E-state index contributed by atoms with van der Waals surface area (Å²) in [5, 5.41) is 10.4. The monoisotopic (exact) mass is 159 g/mol. The molecule has 0 aromatic carbocycles. The average Bonchev–Trinajstić information content (AvgIpc) is 2.32. The average molecular weight is 159 g/mol. The Balaban J connectivity index is 2.75. The molecule has 1 aliphatic rings. The van der Waals surface area contributed by atoms with Gasteiger partial charge in [0.15, 0.2) is 0 Å². The zero-order valence-corrected chi connectivity index (χ0v) is 6.83. The van der Waals surface area contributed by atoms with E-state index in [0.717, 1.165) is 6.42 Å². The van der Waals surface area contributed by atoms with Crippen LogP contribution < -0.4 is 0 Å². The maximum absolute atomic E-state index is 10.8. The molecule has 0 bridgehead atoms. The maximum Gasteiger partial charge on any atom is 0.326 e. The lowest BCUT2D eigenvalue weighted by atomic mass is 10.0. The van der Waals surface area contributed by atoms with Crippen molar-refractivity contribution < 1.29 is 14.7 Å². The Morgan fingerprint density at radius 3 is 2.73 bits per heavy atom. The van der Waals surface area contributed by atoms with E-state index in [9.17, 15) is 4.79 Å². The highest BCUT2D eigenvalue weighted by Crippen LogP contribution is 2.28. The number of carboxylic acid groups (broad SMARTS) is 1. The second-order valence-corrected chi connectivity index (χ2v) is 2.97. The Morgan fingerprint density at radius 1 is 1.73 bits per heavy atom. The van der Waals surface area contributed by atoms with Gasteiger partial charge in [-0.25, -0.2) is 0 Å². The standard InChI is InChI=1S/C7H13NO3/c1-7(6(9)10)4-3-5-8(7)11-2/h3-5H2,1-2H3,(H,9,10)/t7-/m0/s1. The van der Waals surface area contributed by atoms with Crippen LogP contribution in [0.5, 0.6) is 0 Å². The molecule has 0 amide bonds. The molecule has 1 N–H and O–H groups in total. The van der Waals surface area contributed by atoms with Gasteiger partial charge in [0, 0.05) is 6.54 Å². The summed E-state index contributed by atoms with van der Waals surface area (Å²) in [6, 6.07) is 0. The van der Waals surface area contributed by atoms with Crippen molar-refractivity contribution in [2.45, 2.75) is 25.3 Å². The highest BCUT2D eigenvalue weighted by Gasteiger charge is 2.43. The molecular weight excluding hydrogens is 146 g/mol. The Labute approximate surface area is 65.7 Å². The van der Waals surface area contributed by atoms with Crippen molar-refractivity contribution in [2.75, 3.05) is 13.7 Å². The topological polar surface area (TPSA) is 49.8 Å². The van der Waals surface area contributed by atoms with Gasteiger partial charge >= 0.3 is 5.97 Å². The van der Waals surface area contributed by atoms with Crippen LogP contribution in [0.3, 0.4) is 0 Å². The molecule has 1 aliphatic heterocycles. The van der Waals surface area contributed by atoms with Crippen molar-refractivity contribution in [1.82, 2.24) is 5.06 Å². The second kappa shape index (κ2) is 2.79. The van der Waals surface area contributed by atoms with E-state index >= 15 is 0 Å². The van der Waals surface area contributed by atoms with E-state index in [4.69, 9.17) is 9.94 Å². The molecule has 1 heterocycles. The summed E-state index contributed by atoms with van der Waals surface area (Å²) in [7, 11) is 1.51. The molecule has 0 spiro atoms. The Hall–Kier alpha value is -0.610. The maximum atomic E-state index is 10.8. The van der Waals surface area contributed by atoms with Crippen molar-refractivity contribution in [1.29, 1.82) is 0 Å². The van der Waals surface area contributed by atoms with Crippen LogP contribution in [-0.2, 0) is 9.63 Å². The first-order chi connectivity index (χ1) is 5.11. The first-order valence-electron chi connectivity index (χ1n) is 3.66. The normalized spacial score (nSPS) is 32.5. The van der Waals surface area contributed by atoms with Crippen LogP contribution >= 0.6 is 0 Å². The van der Waals surface area contributed by atoms with Crippen molar-refractivity contribution in [3.8, 4) is 0 Å². The minimum atomic E-state index is -0.811. The third-order valence-electron chi connectivity index (χ3n) is 2.26. The third-order valence-corrected chi connectivity index (χ3v) is 2.26. The summed E-state index contributed by atoms with van der Waals surface area (Å²) in [4.78, 5) is 15.7. The first-order valence-corrected chi connectivity index (χ1v) is 3.66. The van der Waals surface area contributed by atoms with Crippen LogP contribution in [0, 0.1) is 0 Å². The fourth-order valence-corrected chi connectivity index (χ4v) is 1.44. The van der Waals surface area contributed by atoms with Crippen molar-refractivity contribution in [3.63, 3.8) is 0 Å². The number of aliphatic carboxylic acids is 1. The number of rotatable bonds is 2. The minimum absolute atomic E-state index is 0.663. The van der Waals surface area contributed by atoms with Crippen LogP contribution in [-0.4, -0.2) is 35.3 Å². The molecular formula is C7H13NO3. The molecule has 11 heavy (non-hydrogen) atoms. The summed E-state index contributed by atoms with van der Waals surface area (Å²) in [6.07, 6.45) is 1.55. The lowest BCUT2D eigenvalue weighted by Crippen LogP contribution is -2.47. The molecule has 0 aromatic rings. The predicted molar refractivity (Wildman–Crippen MR) is 39.0 cm³/mol. The molecule has 0 aliphatic carbocycles. The Bertz CT molecular complexity index is 171. The zero-order valence-electron chi connectivity index (χ0n) is 6.83. The second-order valence-electron chi connectivity index (χ2n) is 2.97. The highest BCUT2D eigenvalue weighted by molar-refractivity contribution is 5.78. The lowest BCUT2D eigenvalue weighted by molar-refractivity contribution is -0.195. The van der Waals surface area contributed by atoms with Crippen molar-refractivity contribution in [3.05, 3.63) is 0 Å². The van der Waals surface area contributed by atoms with Gasteiger partial charge in [-0.2, -0.15) is 5.06 Å². The van der Waals surface area contributed by atoms with E-state index in [1.807, 2.05) is 0 Å². The molecule has 64 valence electrons. The molecule has 1 saturated heterocycles. The number of carboxylic acids is 1. The van der Waals surface area contributed by atoms with E-state index in [1.165, 1.54) is 12.2 Å². The van der Waals surface area contributed by atoms with Gasteiger partial charge < -0.3 is 9.94 Å². The Kier molecular flexibility index (Phi) is 2.15. The molecule has 1 atom stereocenters. The van der Waals surface area contributed by atoms with Gasteiger partial charge in [0.1, 0.15) is 5.54 Å². The van der Waals surface area contributed by atoms with Crippen molar-refractivity contribution >= 4 is 5.97 Å². The lowest BCUT2D eigenvalue weighted by Gasteiger charge is -2.28. The fourth-order valence-electron chi connectivity index (χ4n) is 1.44. The quantitative estimate of drug-likeness (QED) is 0.637. The van der Waals surface area contributed by atoms with E-state index in [1.54, 1.807) is 6.92 Å². The van der Waals surface area contributed by atoms with Crippen LogP contribution in [0.2, 0.25) is 0 Å². The van der Waals surface area contributed by atoms with Gasteiger partial charge in [0.2, 0.25) is 0 Å². The zero-order chi connectivity index (χ0) is 8.48. The van der Waals surface area contributed by atoms with Crippen LogP contribution in [0.4, 0.5) is 0 Å². The summed E-state index contributed by atoms with van der Waals surface area (Å²) >= 11 is 0. The van der Waals surface area contributed by atoms with E-state index < -0.39 is 11.5 Å². The van der Waals surface area contributed by atoms with Crippen LogP contribution in [0.15, 0.2) is 0 Å². The molecule has 0 radical (unpaired) electrons. The number of nitrogens with zero attached hydrogens (tertiary/aromatic N) is 1. The van der Waals surface area contributed by atoms with Gasteiger partial charge in [-0.05, 0) is 19.8 Å². The third kappa shape index (κ3) is 1.23. The highest BCUT2D eigenvalue weighted by atomic mass is 16.7. The summed E-state index contributed by atoms with van der Waals surface area (Å²) in [5.74, 6) is -0.808. The number of carbonyl (C=O) groups is 1. The molecule has 0 aromatic heterocycles. The summed E-state index contributed by atoms with van der Waals surface area (Å²) < 4.78 is 0. The van der Waals surface area contributed by atoms with Gasteiger partial charge in [-0.1, -0.05) is 0 Å². The van der Waals surface area contributed by atoms with Crippen LogP contribution in [0.1, 0.15) is 19.8 Å². The smallest absolute Gasteiger partial charge is 0.326 e. The van der Waals surface area contributed by atoms with Crippen LogP contribution in [0.25, 0.3) is 0 Å². The summed E-state index contributed by atoms with van der Waals surface area (Å²) in [5.41, 5.74) is -0.811. The molecule has 1 fully saturated rings. The van der Waals surface area contributed by atoms with Gasteiger partial charge in [0.05, 0.1) is 7.11 Å². The molecule has 0 unspecified atom stereocenters. The van der Waals surface area contributed by atoms with Gasteiger partial charge in [-0.15, -0.1) is 0 Å². The molecule has 1 rings (SSSR count). The molecule has 4 nitrogen and oxygen atoms in total. The number of hydrogen-bond acceptors (Lipinski definition) is 3. The molecule has 0 saturated carbocycles. The summed E-state index contributed by atoms with van der Waals surface area (Å²) in [6.45, 7) is 2.39.